The largest absolute Gasteiger partial charge is 0.377 e. The first kappa shape index (κ1) is 18.8. The van der Waals surface area contributed by atoms with E-state index >= 15 is 0 Å². The van der Waals surface area contributed by atoms with Crippen molar-refractivity contribution >= 4 is 69.0 Å². The summed E-state index contributed by atoms with van der Waals surface area (Å²) in [6, 6.07) is 2.28. The van der Waals surface area contributed by atoms with Crippen LogP contribution >= 0.6 is 52.3 Å². The third-order valence-electron chi connectivity index (χ3n) is 4.61. The molecule has 1 aliphatic rings. The molecule has 6 nitrogen and oxygen atoms in total. The van der Waals surface area contributed by atoms with Crippen LogP contribution in [0.25, 0.3) is 5.52 Å². The Morgan fingerprint density at radius 2 is 2.08 bits per heavy atom. The molecule has 0 aliphatic carbocycles. The SMILES string of the molecule is CCP(=O)(CC)c1cc(N2CCOC[C@H]2C)nn2c(I)nc(I)c12. The molecule has 0 spiro atoms. The maximum absolute atomic E-state index is 13.5. The van der Waals surface area contributed by atoms with Crippen LogP contribution in [0.1, 0.15) is 20.8 Å². The van der Waals surface area contributed by atoms with Gasteiger partial charge in [-0.1, -0.05) is 13.8 Å². The molecule has 0 amide bonds. The number of hydrogen-bond acceptors (Lipinski definition) is 5. The topological polar surface area (TPSA) is 59.7 Å². The second kappa shape index (κ2) is 7.36. The molecule has 2 aromatic heterocycles. The predicted octanol–water partition coefficient (Wildman–Crippen LogP) is 3.19. The average molecular weight is 574 g/mol. The van der Waals surface area contributed by atoms with E-state index in [4.69, 9.17) is 9.84 Å². The zero-order valence-corrected chi connectivity index (χ0v) is 19.2. The summed E-state index contributed by atoms with van der Waals surface area (Å²) in [5.41, 5.74) is 0.900. The molecule has 2 aromatic rings. The molecule has 0 radical (unpaired) electrons. The highest BCUT2D eigenvalue weighted by molar-refractivity contribution is 14.1. The second-order valence-corrected chi connectivity index (χ2v) is 11.5. The van der Waals surface area contributed by atoms with Gasteiger partial charge in [-0.25, -0.2) is 9.50 Å². The van der Waals surface area contributed by atoms with Gasteiger partial charge in [-0.15, -0.1) is 5.10 Å². The van der Waals surface area contributed by atoms with Crippen LogP contribution in [0.5, 0.6) is 0 Å². The van der Waals surface area contributed by atoms with Crippen LogP contribution in [0.4, 0.5) is 5.82 Å². The van der Waals surface area contributed by atoms with Gasteiger partial charge in [0.15, 0.2) is 9.65 Å². The molecule has 0 unspecified atom stereocenters. The van der Waals surface area contributed by atoms with Crippen LogP contribution in [0.2, 0.25) is 0 Å². The molecule has 0 saturated carbocycles. The Morgan fingerprint density at radius 3 is 2.71 bits per heavy atom. The first-order valence-corrected chi connectivity index (χ1v) is 12.3. The fraction of sp³-hybridized carbons (Fsp3) is 0.600. The Hall–Kier alpha value is 0.0700. The second-order valence-electron chi connectivity index (χ2n) is 5.96. The number of morpholine rings is 1. The molecule has 1 atom stereocenters. The maximum atomic E-state index is 13.5. The Balaban J connectivity index is 2.26. The van der Waals surface area contributed by atoms with Gasteiger partial charge >= 0.3 is 0 Å². The van der Waals surface area contributed by atoms with E-state index in [9.17, 15) is 4.57 Å². The number of halogens is 2. The normalized spacial score (nSPS) is 19.2. The number of ether oxygens (including phenoxy) is 1. The molecule has 0 bridgehead atoms. The number of fused-ring (bicyclic) bond motifs is 1. The van der Waals surface area contributed by atoms with Gasteiger partial charge in [-0.2, -0.15) is 0 Å². The number of anilines is 1. The van der Waals surface area contributed by atoms with Crippen molar-refractivity contribution in [3.05, 3.63) is 13.6 Å². The van der Waals surface area contributed by atoms with Gasteiger partial charge in [-0.3, -0.25) is 0 Å². The predicted molar refractivity (Wildman–Crippen MR) is 114 cm³/mol. The summed E-state index contributed by atoms with van der Waals surface area (Å²) in [6.45, 7) is 8.32. The Labute approximate surface area is 169 Å². The van der Waals surface area contributed by atoms with E-state index in [-0.39, 0.29) is 6.04 Å². The molecule has 1 aliphatic heterocycles. The van der Waals surface area contributed by atoms with Crippen LogP contribution in [0.15, 0.2) is 6.07 Å². The highest BCUT2D eigenvalue weighted by Crippen LogP contribution is 2.45. The number of hydrogen-bond donors (Lipinski definition) is 0. The summed E-state index contributed by atoms with van der Waals surface area (Å²) in [4.78, 5) is 6.79. The van der Waals surface area contributed by atoms with E-state index in [1.54, 1.807) is 0 Å². The Bertz CT molecular complexity index is 802. The minimum absolute atomic E-state index is 0.249. The molecule has 3 heterocycles. The average Bonchev–Trinajstić information content (AvgIpc) is 2.88. The molecule has 0 N–H and O–H groups in total. The van der Waals surface area contributed by atoms with Crippen molar-refractivity contribution in [3.8, 4) is 0 Å². The molecule has 9 heteroatoms. The minimum atomic E-state index is -2.46. The lowest BCUT2D eigenvalue weighted by atomic mass is 10.2. The lowest BCUT2D eigenvalue weighted by Crippen LogP contribution is -2.44. The molecule has 1 saturated heterocycles. The quantitative estimate of drug-likeness (QED) is 0.415. The fourth-order valence-corrected chi connectivity index (χ4v) is 7.15. The summed E-state index contributed by atoms with van der Waals surface area (Å²) in [5.74, 6) is 0.863. The van der Waals surface area contributed by atoms with Gasteiger partial charge in [0.05, 0.1) is 19.3 Å². The van der Waals surface area contributed by atoms with Crippen LogP contribution < -0.4 is 10.2 Å². The molecule has 1 fully saturated rings. The number of aromatic nitrogens is 3. The van der Waals surface area contributed by atoms with Gasteiger partial charge in [-0.05, 0) is 35.6 Å². The Morgan fingerprint density at radius 1 is 1.38 bits per heavy atom. The van der Waals surface area contributed by atoms with Crippen LogP contribution in [-0.2, 0) is 9.30 Å². The summed E-state index contributed by atoms with van der Waals surface area (Å²) in [7, 11) is -2.46. The van der Waals surface area contributed by atoms with Crippen molar-refractivity contribution in [2.24, 2.45) is 0 Å². The van der Waals surface area contributed by atoms with Crippen molar-refractivity contribution < 1.29 is 9.30 Å². The van der Waals surface area contributed by atoms with Crippen LogP contribution in [0.3, 0.4) is 0 Å². The number of imidazole rings is 1. The van der Waals surface area contributed by atoms with Crippen molar-refractivity contribution in [3.63, 3.8) is 0 Å². The molecule has 3 rings (SSSR count). The third-order valence-corrected chi connectivity index (χ3v) is 9.32. The first-order chi connectivity index (χ1) is 11.4. The van der Waals surface area contributed by atoms with E-state index in [2.05, 4.69) is 62.0 Å². The zero-order chi connectivity index (χ0) is 17.5. The van der Waals surface area contributed by atoms with E-state index in [0.29, 0.717) is 25.5 Å². The van der Waals surface area contributed by atoms with Gasteiger partial charge < -0.3 is 14.2 Å². The van der Waals surface area contributed by atoms with Crippen LogP contribution in [0, 0.1) is 7.53 Å². The zero-order valence-electron chi connectivity index (χ0n) is 14.0. The molecule has 24 heavy (non-hydrogen) atoms. The van der Waals surface area contributed by atoms with Gasteiger partial charge in [0.2, 0.25) is 0 Å². The van der Waals surface area contributed by atoms with Gasteiger partial charge in [0, 0.05) is 46.8 Å². The van der Waals surface area contributed by atoms with Gasteiger partial charge in [0.1, 0.15) is 16.4 Å². The summed E-state index contributed by atoms with van der Waals surface area (Å²) in [6.07, 6.45) is 1.30. The molecule has 132 valence electrons. The van der Waals surface area contributed by atoms with Crippen molar-refractivity contribution in [2.45, 2.75) is 26.8 Å². The highest BCUT2D eigenvalue weighted by Gasteiger charge is 2.29. The van der Waals surface area contributed by atoms with E-state index in [1.807, 2.05) is 24.4 Å². The summed E-state index contributed by atoms with van der Waals surface area (Å²) >= 11 is 4.41. The number of nitrogens with zero attached hydrogens (tertiary/aromatic N) is 4. The standard InChI is InChI=1S/C15H21I2N4O2P/c1-4-24(22,5-2)11-8-12(20-6-7-23-9-10(20)3)19-21-13(11)14(16)18-15(21)17/h8,10H,4-7,9H2,1-3H3/t10-/m1/s1. The minimum Gasteiger partial charge on any atom is -0.377 e. The van der Waals surface area contributed by atoms with Crippen LogP contribution in [-0.4, -0.2) is 52.7 Å². The molecule has 0 aromatic carbocycles. The molecular formula is C15H21I2N4O2P. The third kappa shape index (κ3) is 3.23. The Kier molecular flexibility index (Phi) is 5.78. The molecular weight excluding hydrogens is 553 g/mol. The van der Waals surface area contributed by atoms with Crippen molar-refractivity contribution in [2.75, 3.05) is 37.0 Å². The van der Waals surface area contributed by atoms with E-state index in [0.717, 1.165) is 30.7 Å². The van der Waals surface area contributed by atoms with Crippen molar-refractivity contribution in [1.82, 2.24) is 14.6 Å². The fourth-order valence-electron chi connectivity index (χ4n) is 3.07. The first-order valence-electron chi connectivity index (χ1n) is 8.09. The highest BCUT2D eigenvalue weighted by atomic mass is 127. The maximum Gasteiger partial charge on any atom is 0.193 e. The van der Waals surface area contributed by atoms with Gasteiger partial charge in [0.25, 0.3) is 0 Å². The lowest BCUT2D eigenvalue weighted by Gasteiger charge is -2.34. The van der Waals surface area contributed by atoms with E-state index < -0.39 is 7.14 Å². The smallest absolute Gasteiger partial charge is 0.193 e. The van der Waals surface area contributed by atoms with Crippen molar-refractivity contribution in [1.29, 1.82) is 0 Å². The number of rotatable bonds is 4. The monoisotopic (exact) mass is 574 g/mol. The summed E-state index contributed by atoms with van der Waals surface area (Å²) in [5, 5.41) is 5.72. The lowest BCUT2D eigenvalue weighted by molar-refractivity contribution is 0.0984. The summed E-state index contributed by atoms with van der Waals surface area (Å²) < 4.78 is 22.6. The van der Waals surface area contributed by atoms with E-state index in [1.165, 1.54) is 0 Å².